The maximum absolute atomic E-state index is 12.9. The molecule has 0 aliphatic heterocycles. The molecule has 0 radical (unpaired) electrons. The van der Waals surface area contributed by atoms with Gasteiger partial charge in [-0.15, -0.1) is 0 Å². The van der Waals surface area contributed by atoms with Crippen LogP contribution in [0.4, 0.5) is 21.9 Å². The van der Waals surface area contributed by atoms with Crippen LogP contribution in [0.15, 0.2) is 91.0 Å². The second-order valence-corrected chi connectivity index (χ2v) is 10.1. The average Bonchev–Trinajstić information content (AvgIpc) is 2.95. The summed E-state index contributed by atoms with van der Waals surface area (Å²) in [4.78, 5) is 50.3. The summed E-state index contributed by atoms with van der Waals surface area (Å²) in [5.74, 6) is -2.17. The SMILES string of the molecule is Cc1ccccc1NC(=O)c1ccccc1NC(=O)NC(Cc1ccc(NC(=O)c2c(Cl)cccc2Cl)cc1)C(=O)O. The summed E-state index contributed by atoms with van der Waals surface area (Å²) in [5.41, 5.74) is 3.10. The lowest BCUT2D eigenvalue weighted by molar-refractivity contribution is -0.139. The number of aliphatic carboxylic acids is 1. The number of carboxylic acids is 1. The second kappa shape index (κ2) is 13.7. The van der Waals surface area contributed by atoms with Crippen molar-refractivity contribution in [3.05, 3.63) is 123 Å². The minimum absolute atomic E-state index is 0.0390. The van der Waals surface area contributed by atoms with Gasteiger partial charge in [-0.2, -0.15) is 0 Å². The van der Waals surface area contributed by atoms with E-state index in [1.54, 1.807) is 78.9 Å². The number of urea groups is 1. The number of carbonyl (C=O) groups excluding carboxylic acids is 3. The minimum atomic E-state index is -1.28. The molecule has 4 aromatic rings. The summed E-state index contributed by atoms with van der Waals surface area (Å²) in [5, 5.41) is 20.7. The van der Waals surface area contributed by atoms with E-state index in [9.17, 15) is 24.3 Å². The molecule has 9 nitrogen and oxygen atoms in total. The first-order valence-electron chi connectivity index (χ1n) is 12.7. The van der Waals surface area contributed by atoms with Gasteiger partial charge in [0.1, 0.15) is 6.04 Å². The minimum Gasteiger partial charge on any atom is -0.480 e. The summed E-state index contributed by atoms with van der Waals surface area (Å²) < 4.78 is 0. The molecule has 4 aromatic carbocycles. The van der Waals surface area contributed by atoms with Crippen molar-refractivity contribution in [2.45, 2.75) is 19.4 Å². The van der Waals surface area contributed by atoms with Crippen molar-refractivity contribution in [2.75, 3.05) is 16.0 Å². The number of carboxylic acid groups (broad SMARTS) is 1. The first kappa shape index (κ1) is 30.1. The van der Waals surface area contributed by atoms with Gasteiger partial charge >= 0.3 is 12.0 Å². The van der Waals surface area contributed by atoms with Crippen molar-refractivity contribution >= 4 is 64.1 Å². The van der Waals surface area contributed by atoms with Crippen LogP contribution in [0.1, 0.15) is 31.8 Å². The topological polar surface area (TPSA) is 137 Å². The quantitative estimate of drug-likeness (QED) is 0.146. The molecule has 0 aliphatic rings. The summed E-state index contributed by atoms with van der Waals surface area (Å²) >= 11 is 12.2. The Morgan fingerprint density at radius 2 is 1.33 bits per heavy atom. The Kier molecular flexibility index (Phi) is 9.80. The lowest BCUT2D eigenvalue weighted by atomic mass is 10.1. The van der Waals surface area contributed by atoms with E-state index < -0.39 is 29.9 Å². The second-order valence-electron chi connectivity index (χ2n) is 9.26. The molecule has 11 heteroatoms. The molecule has 0 heterocycles. The lowest BCUT2D eigenvalue weighted by Crippen LogP contribution is -2.44. The summed E-state index contributed by atoms with van der Waals surface area (Å²) in [6, 6.07) is 22.8. The number of nitrogens with one attached hydrogen (secondary N) is 4. The summed E-state index contributed by atoms with van der Waals surface area (Å²) in [7, 11) is 0. The molecule has 42 heavy (non-hydrogen) atoms. The maximum Gasteiger partial charge on any atom is 0.326 e. The Morgan fingerprint density at radius 1 is 0.714 bits per heavy atom. The highest BCUT2D eigenvalue weighted by molar-refractivity contribution is 6.40. The van der Waals surface area contributed by atoms with Crippen LogP contribution in [-0.4, -0.2) is 35.0 Å². The van der Waals surface area contributed by atoms with Gasteiger partial charge < -0.3 is 26.4 Å². The lowest BCUT2D eigenvalue weighted by Gasteiger charge is -2.17. The van der Waals surface area contributed by atoms with Crippen molar-refractivity contribution in [1.82, 2.24) is 5.32 Å². The Bertz CT molecular complexity index is 1620. The largest absolute Gasteiger partial charge is 0.480 e. The molecule has 0 saturated heterocycles. The van der Waals surface area contributed by atoms with Crippen LogP contribution >= 0.6 is 23.2 Å². The van der Waals surface area contributed by atoms with Gasteiger partial charge in [-0.1, -0.05) is 71.7 Å². The average molecular weight is 605 g/mol. The van der Waals surface area contributed by atoms with E-state index in [-0.39, 0.29) is 33.3 Å². The number of halogens is 2. The number of rotatable bonds is 9. The third kappa shape index (κ3) is 7.66. The molecular formula is C31H26Cl2N4O5. The van der Waals surface area contributed by atoms with Crippen molar-refractivity contribution in [2.24, 2.45) is 0 Å². The molecule has 5 N–H and O–H groups in total. The fourth-order valence-electron chi connectivity index (χ4n) is 4.08. The zero-order valence-corrected chi connectivity index (χ0v) is 23.8. The zero-order chi connectivity index (χ0) is 30.2. The van der Waals surface area contributed by atoms with Gasteiger partial charge in [0.05, 0.1) is 26.9 Å². The predicted octanol–water partition coefficient (Wildman–Crippen LogP) is 6.62. The maximum atomic E-state index is 12.9. The van der Waals surface area contributed by atoms with E-state index in [0.29, 0.717) is 16.9 Å². The number of carbonyl (C=O) groups is 4. The molecule has 0 bridgehead atoms. The molecule has 0 aliphatic carbocycles. The normalized spacial score (nSPS) is 11.2. The molecule has 4 amide bonds. The van der Waals surface area contributed by atoms with Gasteiger partial charge in [0.15, 0.2) is 0 Å². The van der Waals surface area contributed by atoms with Gasteiger partial charge in [0.2, 0.25) is 0 Å². The van der Waals surface area contributed by atoms with Gasteiger partial charge in [-0.25, -0.2) is 9.59 Å². The molecular weight excluding hydrogens is 579 g/mol. The monoisotopic (exact) mass is 604 g/mol. The number of hydrogen-bond donors (Lipinski definition) is 5. The van der Waals surface area contributed by atoms with Crippen LogP contribution in [0.2, 0.25) is 10.0 Å². The zero-order valence-electron chi connectivity index (χ0n) is 22.3. The van der Waals surface area contributed by atoms with E-state index in [1.165, 1.54) is 0 Å². The van der Waals surface area contributed by atoms with Gasteiger partial charge in [-0.05, 0) is 60.5 Å². The number of para-hydroxylation sites is 2. The first-order chi connectivity index (χ1) is 20.1. The van der Waals surface area contributed by atoms with E-state index >= 15 is 0 Å². The van der Waals surface area contributed by atoms with Crippen LogP contribution in [0.3, 0.4) is 0 Å². The van der Waals surface area contributed by atoms with Crippen molar-refractivity contribution in [1.29, 1.82) is 0 Å². The summed E-state index contributed by atoms with van der Waals surface area (Å²) in [6.45, 7) is 1.86. The number of benzene rings is 4. The number of anilines is 3. The fourth-order valence-corrected chi connectivity index (χ4v) is 4.65. The van der Waals surface area contributed by atoms with Crippen LogP contribution in [0, 0.1) is 6.92 Å². The third-order valence-electron chi connectivity index (χ3n) is 6.26. The van der Waals surface area contributed by atoms with Crippen LogP contribution < -0.4 is 21.3 Å². The number of hydrogen-bond acceptors (Lipinski definition) is 4. The van der Waals surface area contributed by atoms with Crippen LogP contribution in [0.25, 0.3) is 0 Å². The van der Waals surface area contributed by atoms with Crippen LogP contribution in [0.5, 0.6) is 0 Å². The van der Waals surface area contributed by atoms with E-state index in [1.807, 2.05) is 19.1 Å². The fraction of sp³-hybridized carbons (Fsp3) is 0.0968. The van der Waals surface area contributed by atoms with Crippen molar-refractivity contribution in [3.63, 3.8) is 0 Å². The molecule has 0 fully saturated rings. The highest BCUT2D eigenvalue weighted by Gasteiger charge is 2.22. The summed E-state index contributed by atoms with van der Waals surface area (Å²) in [6.07, 6.45) is -0.0390. The number of aryl methyl sites for hydroxylation is 1. The Morgan fingerprint density at radius 3 is 1.98 bits per heavy atom. The first-order valence-corrected chi connectivity index (χ1v) is 13.5. The number of amides is 4. The van der Waals surface area contributed by atoms with E-state index in [2.05, 4.69) is 21.3 Å². The Balaban J connectivity index is 1.39. The van der Waals surface area contributed by atoms with Crippen LogP contribution in [-0.2, 0) is 11.2 Å². The molecule has 0 spiro atoms. The molecule has 1 unspecified atom stereocenters. The molecule has 1 atom stereocenters. The van der Waals surface area contributed by atoms with E-state index in [4.69, 9.17) is 23.2 Å². The highest BCUT2D eigenvalue weighted by atomic mass is 35.5. The highest BCUT2D eigenvalue weighted by Crippen LogP contribution is 2.25. The van der Waals surface area contributed by atoms with Crippen molar-refractivity contribution < 1.29 is 24.3 Å². The Labute approximate surface area is 251 Å². The molecule has 0 saturated carbocycles. The van der Waals surface area contributed by atoms with E-state index in [0.717, 1.165) is 5.56 Å². The smallest absolute Gasteiger partial charge is 0.326 e. The van der Waals surface area contributed by atoms with Gasteiger partial charge in [0.25, 0.3) is 11.8 Å². The standard InChI is InChI=1S/C31H26Cl2N4O5/c1-18-7-2-4-11-24(18)35-28(38)21-8-3-5-12-25(21)36-31(42)37-26(30(40)41)17-19-13-15-20(16-14-19)34-29(39)27-22(32)9-6-10-23(27)33/h2-16,26H,17H2,1H3,(H,34,39)(H,35,38)(H,40,41)(H2,36,37,42). The predicted molar refractivity (Wildman–Crippen MR) is 164 cm³/mol. The van der Waals surface area contributed by atoms with Crippen molar-refractivity contribution in [3.8, 4) is 0 Å². The Hall–Kier alpha value is -4.86. The molecule has 0 aromatic heterocycles. The van der Waals surface area contributed by atoms with Gasteiger partial charge in [0, 0.05) is 17.8 Å². The molecule has 4 rings (SSSR count). The van der Waals surface area contributed by atoms with Gasteiger partial charge in [-0.3, -0.25) is 9.59 Å². The molecule has 214 valence electrons. The third-order valence-corrected chi connectivity index (χ3v) is 6.89.